The van der Waals surface area contributed by atoms with Crippen molar-refractivity contribution in [3.8, 4) is 0 Å². The van der Waals surface area contributed by atoms with Crippen LogP contribution in [0.4, 0.5) is 5.69 Å². The van der Waals surface area contributed by atoms with Gasteiger partial charge in [-0.25, -0.2) is 4.79 Å². The van der Waals surface area contributed by atoms with Crippen LogP contribution in [0.15, 0.2) is 24.3 Å². The number of ether oxygens (including phenoxy) is 1. The molecule has 0 atom stereocenters. The lowest BCUT2D eigenvalue weighted by atomic mass is 10.1. The molecule has 1 aliphatic rings. The highest BCUT2D eigenvalue weighted by Crippen LogP contribution is 2.28. The van der Waals surface area contributed by atoms with E-state index in [9.17, 15) is 9.59 Å². The number of hydrogen-bond donors (Lipinski definition) is 1. The van der Waals surface area contributed by atoms with Gasteiger partial charge in [0.15, 0.2) is 0 Å². The van der Waals surface area contributed by atoms with Crippen molar-refractivity contribution in [3.63, 3.8) is 0 Å². The number of nitrogens with one attached hydrogen (secondary N) is 1. The summed E-state index contributed by atoms with van der Waals surface area (Å²) in [5.41, 5.74) is 2.78. The predicted molar refractivity (Wildman–Crippen MR) is 82.1 cm³/mol. The minimum Gasteiger partial charge on any atom is -0.462 e. The summed E-state index contributed by atoms with van der Waals surface area (Å²) in [6, 6.07) is 5.53. The Hall–Kier alpha value is -2.30. The molecule has 1 aromatic rings. The van der Waals surface area contributed by atoms with Crippen molar-refractivity contribution < 1.29 is 14.3 Å². The summed E-state index contributed by atoms with van der Waals surface area (Å²) < 4.78 is 5.10. The number of carbonyl (C=O) groups is 2. The van der Waals surface area contributed by atoms with Crippen molar-refractivity contribution >= 4 is 23.3 Å². The maximum Gasteiger partial charge on any atom is 0.332 e. The summed E-state index contributed by atoms with van der Waals surface area (Å²) in [7, 11) is 3.85. The molecule has 1 aliphatic heterocycles. The van der Waals surface area contributed by atoms with Crippen molar-refractivity contribution in [3.05, 3.63) is 35.4 Å². The zero-order valence-corrected chi connectivity index (χ0v) is 12.6. The Morgan fingerprint density at radius 2 is 2.10 bits per heavy atom. The summed E-state index contributed by atoms with van der Waals surface area (Å²) in [6.07, 6.45) is 3.15. The molecule has 0 saturated carbocycles. The predicted octanol–water partition coefficient (Wildman–Crippen LogP) is 2.18. The maximum absolute atomic E-state index is 11.9. The topological polar surface area (TPSA) is 58.6 Å². The van der Waals surface area contributed by atoms with E-state index < -0.39 is 5.97 Å². The van der Waals surface area contributed by atoms with Crippen LogP contribution in [0.3, 0.4) is 0 Å². The lowest BCUT2D eigenvalue weighted by molar-refractivity contribution is -0.137. The molecule has 0 aliphatic carbocycles. The summed E-state index contributed by atoms with van der Waals surface area (Å²) in [6.45, 7) is 2.43. The number of esters is 1. The lowest BCUT2D eigenvalue weighted by Crippen LogP contribution is -2.13. The van der Waals surface area contributed by atoms with Crippen LogP contribution in [0.5, 0.6) is 0 Å². The van der Waals surface area contributed by atoms with E-state index in [-0.39, 0.29) is 5.91 Å². The summed E-state index contributed by atoms with van der Waals surface area (Å²) >= 11 is 0. The van der Waals surface area contributed by atoms with Crippen LogP contribution in [0, 0.1) is 0 Å². The molecule has 0 bridgehead atoms. The molecular formula is C16H20N2O3. The van der Waals surface area contributed by atoms with Gasteiger partial charge in [0.2, 0.25) is 0 Å². The Labute approximate surface area is 124 Å². The van der Waals surface area contributed by atoms with Crippen LogP contribution in [-0.4, -0.2) is 32.6 Å². The first-order valence-corrected chi connectivity index (χ1v) is 7.04. The second-order valence-corrected chi connectivity index (χ2v) is 5.16. The first-order valence-electron chi connectivity index (χ1n) is 7.04. The molecule has 5 nitrogen and oxygen atoms in total. The van der Waals surface area contributed by atoms with Gasteiger partial charge in [-0.1, -0.05) is 13.3 Å². The summed E-state index contributed by atoms with van der Waals surface area (Å²) in [4.78, 5) is 25.6. The smallest absolute Gasteiger partial charge is 0.332 e. The largest absolute Gasteiger partial charge is 0.462 e. The third kappa shape index (κ3) is 3.42. The molecule has 21 heavy (non-hydrogen) atoms. The standard InChI is InChI=1S/C16H20N2O3/c1-4-5-8-21-15(19)10-14-13-9-11(18(2)3)6-7-12(13)16(20)17-14/h6-7,9-10H,4-5,8H2,1-3H3,(H,17,20)/b14-10+. The zero-order chi connectivity index (χ0) is 15.4. The third-order valence-electron chi connectivity index (χ3n) is 3.31. The highest BCUT2D eigenvalue weighted by atomic mass is 16.5. The molecule has 5 heteroatoms. The van der Waals surface area contributed by atoms with Gasteiger partial charge in [-0.05, 0) is 24.6 Å². The molecule has 0 spiro atoms. The van der Waals surface area contributed by atoms with Gasteiger partial charge >= 0.3 is 5.97 Å². The molecule has 1 amide bonds. The molecule has 0 unspecified atom stereocenters. The van der Waals surface area contributed by atoms with Gasteiger partial charge in [0.25, 0.3) is 5.91 Å². The number of rotatable bonds is 5. The third-order valence-corrected chi connectivity index (χ3v) is 3.31. The van der Waals surface area contributed by atoms with Crippen molar-refractivity contribution in [2.75, 3.05) is 25.6 Å². The Balaban J connectivity index is 2.23. The molecule has 0 aromatic heterocycles. The van der Waals surface area contributed by atoms with Crippen LogP contribution in [0.25, 0.3) is 5.70 Å². The van der Waals surface area contributed by atoms with E-state index in [0.717, 1.165) is 24.1 Å². The highest BCUT2D eigenvalue weighted by Gasteiger charge is 2.25. The monoisotopic (exact) mass is 288 g/mol. The lowest BCUT2D eigenvalue weighted by Gasteiger charge is -2.13. The molecular weight excluding hydrogens is 268 g/mol. The Bertz CT molecular complexity index is 591. The minimum absolute atomic E-state index is 0.192. The zero-order valence-electron chi connectivity index (χ0n) is 12.6. The Morgan fingerprint density at radius 3 is 2.76 bits per heavy atom. The number of benzene rings is 1. The fourth-order valence-corrected chi connectivity index (χ4v) is 2.08. The van der Waals surface area contributed by atoms with Crippen molar-refractivity contribution in [1.82, 2.24) is 5.32 Å². The SMILES string of the molecule is CCCCOC(=O)/C=C1/NC(=O)c2ccc(N(C)C)cc21. The van der Waals surface area contributed by atoms with E-state index in [1.165, 1.54) is 6.08 Å². The maximum atomic E-state index is 11.9. The van der Waals surface area contributed by atoms with E-state index in [1.807, 2.05) is 38.1 Å². The van der Waals surface area contributed by atoms with Gasteiger partial charge in [0, 0.05) is 37.0 Å². The van der Waals surface area contributed by atoms with Gasteiger partial charge < -0.3 is 15.0 Å². The average Bonchev–Trinajstić information content (AvgIpc) is 2.75. The van der Waals surface area contributed by atoms with E-state index in [2.05, 4.69) is 5.32 Å². The summed E-state index contributed by atoms with van der Waals surface area (Å²) in [5, 5.41) is 2.71. The molecule has 2 rings (SSSR count). The second-order valence-electron chi connectivity index (χ2n) is 5.16. The fourth-order valence-electron chi connectivity index (χ4n) is 2.08. The van der Waals surface area contributed by atoms with E-state index in [0.29, 0.717) is 17.9 Å². The van der Waals surface area contributed by atoms with E-state index in [4.69, 9.17) is 4.74 Å². The number of anilines is 1. The summed E-state index contributed by atoms with van der Waals surface area (Å²) in [5.74, 6) is -0.621. The number of carbonyl (C=O) groups excluding carboxylic acids is 2. The number of amides is 1. The molecule has 0 saturated heterocycles. The van der Waals surface area contributed by atoms with Crippen LogP contribution in [0.1, 0.15) is 35.7 Å². The van der Waals surface area contributed by atoms with Gasteiger partial charge in [-0.3, -0.25) is 4.79 Å². The van der Waals surface area contributed by atoms with Gasteiger partial charge in [0.1, 0.15) is 0 Å². The van der Waals surface area contributed by atoms with Gasteiger partial charge in [0.05, 0.1) is 12.3 Å². The van der Waals surface area contributed by atoms with Gasteiger partial charge in [-0.2, -0.15) is 0 Å². The van der Waals surface area contributed by atoms with Crippen molar-refractivity contribution in [1.29, 1.82) is 0 Å². The molecule has 0 radical (unpaired) electrons. The van der Waals surface area contributed by atoms with Crippen molar-refractivity contribution in [2.45, 2.75) is 19.8 Å². The molecule has 1 N–H and O–H groups in total. The molecule has 112 valence electrons. The quantitative estimate of drug-likeness (QED) is 0.512. The Morgan fingerprint density at radius 1 is 1.33 bits per heavy atom. The first-order chi connectivity index (χ1) is 10.0. The highest BCUT2D eigenvalue weighted by molar-refractivity contribution is 6.12. The number of hydrogen-bond acceptors (Lipinski definition) is 4. The van der Waals surface area contributed by atoms with Crippen LogP contribution in [-0.2, 0) is 9.53 Å². The average molecular weight is 288 g/mol. The molecule has 1 aromatic carbocycles. The first kappa shape index (κ1) is 15.1. The number of nitrogens with zero attached hydrogens (tertiary/aromatic N) is 1. The second kappa shape index (κ2) is 6.43. The van der Waals surface area contributed by atoms with E-state index >= 15 is 0 Å². The van der Waals surface area contributed by atoms with E-state index in [1.54, 1.807) is 6.07 Å². The number of unbranched alkanes of at least 4 members (excludes halogenated alkanes) is 1. The van der Waals surface area contributed by atoms with Crippen LogP contribution < -0.4 is 10.2 Å². The molecule has 1 heterocycles. The number of fused-ring (bicyclic) bond motifs is 1. The Kier molecular flexibility index (Phi) is 4.62. The fraction of sp³-hybridized carbons (Fsp3) is 0.375. The van der Waals surface area contributed by atoms with Crippen LogP contribution >= 0.6 is 0 Å². The van der Waals surface area contributed by atoms with Crippen molar-refractivity contribution in [2.24, 2.45) is 0 Å². The minimum atomic E-state index is -0.429. The van der Waals surface area contributed by atoms with Gasteiger partial charge in [-0.15, -0.1) is 0 Å². The van der Waals surface area contributed by atoms with Crippen LogP contribution in [0.2, 0.25) is 0 Å². The molecule has 0 fully saturated rings. The normalized spacial score (nSPS) is 14.8.